The average molecular weight is 192 g/mol. The molecule has 1 aromatic rings. The highest BCUT2D eigenvalue weighted by Gasteiger charge is 2.19. The smallest absolute Gasteiger partial charge is 0.251 e. The van der Waals surface area contributed by atoms with E-state index >= 15 is 0 Å². The fraction of sp³-hybridized carbons (Fsp3) is 0.400. The lowest BCUT2D eigenvalue weighted by molar-refractivity contribution is 0.0916. The number of hydrogen-bond acceptors (Lipinski definition) is 2. The van der Waals surface area contributed by atoms with Crippen LogP contribution >= 0.6 is 0 Å². The van der Waals surface area contributed by atoms with E-state index in [0.717, 1.165) is 12.8 Å². The number of carbonyl (C=O) groups excluding carboxylic acids is 1. The van der Waals surface area contributed by atoms with Crippen molar-refractivity contribution < 1.29 is 4.79 Å². The number of aromatic nitrogens is 1. The van der Waals surface area contributed by atoms with Crippen LogP contribution in [0.2, 0.25) is 0 Å². The minimum atomic E-state index is -0.244. The molecule has 1 aliphatic carbocycles. The number of H-pyrrole nitrogens is 1. The van der Waals surface area contributed by atoms with Crippen LogP contribution in [0.5, 0.6) is 0 Å². The summed E-state index contributed by atoms with van der Waals surface area (Å²) in [6.07, 6.45) is 4.77. The van der Waals surface area contributed by atoms with Crippen molar-refractivity contribution >= 4 is 5.91 Å². The second kappa shape index (κ2) is 3.65. The zero-order chi connectivity index (χ0) is 9.97. The van der Waals surface area contributed by atoms with Gasteiger partial charge in [0.2, 0.25) is 5.56 Å². The molecule has 2 rings (SSSR count). The molecule has 0 spiro atoms. The number of nitrogens with one attached hydrogen (secondary N) is 2. The van der Waals surface area contributed by atoms with Crippen LogP contribution in [-0.2, 0) is 0 Å². The molecule has 0 radical (unpaired) electrons. The van der Waals surface area contributed by atoms with Gasteiger partial charge >= 0.3 is 0 Å². The third kappa shape index (κ3) is 1.84. The topological polar surface area (TPSA) is 62.0 Å². The van der Waals surface area contributed by atoms with Crippen molar-refractivity contribution in [3.63, 3.8) is 0 Å². The molecule has 0 unspecified atom stereocenters. The van der Waals surface area contributed by atoms with Crippen LogP contribution in [-0.4, -0.2) is 16.9 Å². The molecule has 1 saturated carbocycles. The summed E-state index contributed by atoms with van der Waals surface area (Å²) >= 11 is 0. The molecule has 2 N–H and O–H groups in total. The van der Waals surface area contributed by atoms with Gasteiger partial charge in [0, 0.05) is 23.9 Å². The Hall–Kier alpha value is -1.58. The minimum Gasteiger partial charge on any atom is -0.349 e. The predicted molar refractivity (Wildman–Crippen MR) is 52.2 cm³/mol. The van der Waals surface area contributed by atoms with Crippen molar-refractivity contribution in [2.45, 2.75) is 25.3 Å². The second-order valence-corrected chi connectivity index (χ2v) is 3.54. The second-order valence-electron chi connectivity index (χ2n) is 3.54. The maximum Gasteiger partial charge on any atom is 0.251 e. The summed E-state index contributed by atoms with van der Waals surface area (Å²) in [7, 11) is 0. The Bertz CT molecular complexity index is 393. The molecular weight excluding hydrogens is 180 g/mol. The van der Waals surface area contributed by atoms with E-state index in [4.69, 9.17) is 0 Å². The van der Waals surface area contributed by atoms with Gasteiger partial charge in [-0.15, -0.1) is 0 Å². The number of pyridine rings is 1. The number of amides is 1. The third-order valence-electron chi connectivity index (χ3n) is 2.48. The van der Waals surface area contributed by atoms with E-state index in [-0.39, 0.29) is 11.5 Å². The van der Waals surface area contributed by atoms with Gasteiger partial charge in [-0.25, -0.2) is 0 Å². The molecule has 4 nitrogen and oxygen atoms in total. The third-order valence-corrected chi connectivity index (χ3v) is 2.48. The van der Waals surface area contributed by atoms with Gasteiger partial charge < -0.3 is 10.3 Å². The Labute approximate surface area is 81.3 Å². The molecule has 1 aromatic heterocycles. The Morgan fingerprint density at radius 1 is 1.50 bits per heavy atom. The van der Waals surface area contributed by atoms with Crippen LogP contribution in [0.25, 0.3) is 0 Å². The van der Waals surface area contributed by atoms with Crippen molar-refractivity contribution in [3.8, 4) is 0 Å². The normalized spacial score (nSPS) is 16.0. The molecule has 14 heavy (non-hydrogen) atoms. The van der Waals surface area contributed by atoms with Gasteiger partial charge in [-0.1, -0.05) is 0 Å². The molecule has 1 amide bonds. The van der Waals surface area contributed by atoms with Gasteiger partial charge in [-0.3, -0.25) is 9.59 Å². The van der Waals surface area contributed by atoms with Crippen LogP contribution in [0.3, 0.4) is 0 Å². The van der Waals surface area contributed by atoms with Gasteiger partial charge in [-0.2, -0.15) is 0 Å². The van der Waals surface area contributed by atoms with Crippen molar-refractivity contribution in [2.24, 2.45) is 0 Å². The van der Waals surface area contributed by atoms with Crippen molar-refractivity contribution in [1.82, 2.24) is 10.3 Å². The largest absolute Gasteiger partial charge is 0.349 e. The number of hydrogen-bond donors (Lipinski definition) is 2. The Kier molecular flexibility index (Phi) is 2.35. The predicted octanol–water partition coefficient (Wildman–Crippen LogP) is 0.657. The van der Waals surface area contributed by atoms with Crippen molar-refractivity contribution in [1.29, 1.82) is 0 Å². The van der Waals surface area contributed by atoms with E-state index in [2.05, 4.69) is 10.3 Å². The van der Waals surface area contributed by atoms with Gasteiger partial charge in [0.1, 0.15) is 0 Å². The summed E-state index contributed by atoms with van der Waals surface area (Å²) in [6.45, 7) is 0. The highest BCUT2D eigenvalue weighted by atomic mass is 16.2. The van der Waals surface area contributed by atoms with Crippen LogP contribution < -0.4 is 10.9 Å². The van der Waals surface area contributed by atoms with Gasteiger partial charge in [-0.05, 0) is 25.3 Å². The molecule has 0 atom stereocenters. The highest BCUT2D eigenvalue weighted by Crippen LogP contribution is 2.18. The van der Waals surface area contributed by atoms with E-state index in [1.54, 1.807) is 6.07 Å². The molecule has 1 fully saturated rings. The lowest BCUT2D eigenvalue weighted by Gasteiger charge is -2.26. The molecule has 0 saturated heterocycles. The Morgan fingerprint density at radius 3 is 2.86 bits per heavy atom. The van der Waals surface area contributed by atoms with Gasteiger partial charge in [0.05, 0.1) is 0 Å². The Balaban J connectivity index is 2.06. The molecule has 74 valence electrons. The quantitative estimate of drug-likeness (QED) is 0.723. The number of aromatic amines is 1. The molecule has 0 bridgehead atoms. The SMILES string of the molecule is O=C(NC1CCC1)c1cc[nH]c(=O)c1. The average Bonchev–Trinajstić information content (AvgIpc) is 2.11. The fourth-order valence-corrected chi connectivity index (χ4v) is 1.41. The standard InChI is InChI=1S/C10H12N2O2/c13-9-6-7(4-5-11-9)10(14)12-8-2-1-3-8/h4-6,8H,1-3H2,(H,11,13)(H,12,14). The zero-order valence-electron chi connectivity index (χ0n) is 7.75. The van der Waals surface area contributed by atoms with E-state index < -0.39 is 0 Å². The van der Waals surface area contributed by atoms with E-state index in [9.17, 15) is 9.59 Å². The molecule has 1 heterocycles. The van der Waals surface area contributed by atoms with E-state index in [0.29, 0.717) is 11.6 Å². The molecule has 1 aliphatic rings. The van der Waals surface area contributed by atoms with Crippen LogP contribution in [0.4, 0.5) is 0 Å². The number of carbonyl (C=O) groups is 1. The summed E-state index contributed by atoms with van der Waals surface area (Å²) in [6, 6.07) is 3.23. The van der Waals surface area contributed by atoms with Crippen LogP contribution in [0.1, 0.15) is 29.6 Å². The van der Waals surface area contributed by atoms with Crippen molar-refractivity contribution in [2.75, 3.05) is 0 Å². The first-order chi connectivity index (χ1) is 6.75. The van der Waals surface area contributed by atoms with Gasteiger partial charge in [0.25, 0.3) is 5.91 Å². The maximum absolute atomic E-state index is 11.5. The fourth-order valence-electron chi connectivity index (χ4n) is 1.41. The first-order valence-corrected chi connectivity index (χ1v) is 4.75. The van der Waals surface area contributed by atoms with Crippen molar-refractivity contribution in [3.05, 3.63) is 34.2 Å². The monoisotopic (exact) mass is 192 g/mol. The molecular formula is C10H12N2O2. The number of rotatable bonds is 2. The first kappa shape index (κ1) is 8.99. The minimum absolute atomic E-state index is 0.152. The summed E-state index contributed by atoms with van der Waals surface area (Å²) in [5.74, 6) is -0.152. The van der Waals surface area contributed by atoms with Crippen LogP contribution in [0.15, 0.2) is 23.1 Å². The lowest BCUT2D eigenvalue weighted by atomic mass is 9.93. The maximum atomic E-state index is 11.5. The summed E-state index contributed by atoms with van der Waals surface area (Å²) in [5, 5.41) is 2.87. The summed E-state index contributed by atoms with van der Waals surface area (Å²) in [4.78, 5) is 24.9. The Morgan fingerprint density at radius 2 is 2.29 bits per heavy atom. The van der Waals surface area contributed by atoms with Crippen LogP contribution in [0, 0.1) is 0 Å². The molecule has 0 aromatic carbocycles. The summed E-state index contributed by atoms with van der Waals surface area (Å²) in [5.41, 5.74) is 0.187. The lowest BCUT2D eigenvalue weighted by Crippen LogP contribution is -2.39. The van der Waals surface area contributed by atoms with Gasteiger partial charge in [0.15, 0.2) is 0 Å². The highest BCUT2D eigenvalue weighted by molar-refractivity contribution is 5.94. The first-order valence-electron chi connectivity index (χ1n) is 4.75. The van der Waals surface area contributed by atoms with E-state index in [1.165, 1.54) is 18.7 Å². The molecule has 4 heteroatoms. The molecule has 0 aliphatic heterocycles. The zero-order valence-corrected chi connectivity index (χ0v) is 7.75. The van der Waals surface area contributed by atoms with E-state index in [1.807, 2.05) is 0 Å². The summed E-state index contributed by atoms with van der Waals surface area (Å²) < 4.78 is 0.